The first kappa shape index (κ1) is 13.5. The van der Waals surface area contributed by atoms with Gasteiger partial charge in [0.1, 0.15) is 0 Å². The van der Waals surface area contributed by atoms with Crippen molar-refractivity contribution in [3.63, 3.8) is 0 Å². The molecule has 78 valence electrons. The number of halogens is 2. The van der Waals surface area contributed by atoms with Crippen molar-refractivity contribution in [2.24, 2.45) is 0 Å². The van der Waals surface area contributed by atoms with Crippen molar-refractivity contribution >= 4 is 28.9 Å². The van der Waals surface area contributed by atoms with Crippen LogP contribution in [0.3, 0.4) is 0 Å². The molecule has 14 heavy (non-hydrogen) atoms. The Labute approximate surface area is 95.0 Å². The summed E-state index contributed by atoms with van der Waals surface area (Å²) in [6.07, 6.45) is 0. The molecule has 0 aliphatic carbocycles. The van der Waals surface area contributed by atoms with Gasteiger partial charge in [-0.3, -0.25) is 4.79 Å². The van der Waals surface area contributed by atoms with Gasteiger partial charge in [-0.05, 0) is 28.6 Å². The van der Waals surface area contributed by atoms with E-state index in [-0.39, 0.29) is 11.2 Å². The zero-order chi connectivity index (χ0) is 11.2. The smallest absolute Gasteiger partial charge is 0.208 e. The van der Waals surface area contributed by atoms with Gasteiger partial charge in [-0.1, -0.05) is 50.6 Å². The number of hydrogen-bond acceptors (Lipinski definition) is 1. The molecule has 0 fully saturated rings. The van der Waals surface area contributed by atoms with Crippen LogP contribution in [0.15, 0.2) is 24.3 Å². The maximum absolute atomic E-state index is 8.57. The van der Waals surface area contributed by atoms with Gasteiger partial charge in [-0.2, -0.15) is 0 Å². The van der Waals surface area contributed by atoms with Crippen molar-refractivity contribution < 1.29 is 4.79 Å². The number of carbonyl (C=O) groups excluding carboxylic acids is 1. The topological polar surface area (TPSA) is 17.1 Å². The van der Waals surface area contributed by atoms with E-state index in [9.17, 15) is 0 Å². The third kappa shape index (κ3) is 4.64. The molecule has 0 unspecified atom stereocenters. The Morgan fingerprint density at radius 1 is 1.21 bits per heavy atom. The van der Waals surface area contributed by atoms with Crippen molar-refractivity contribution in [1.82, 2.24) is 0 Å². The Morgan fingerprint density at radius 2 is 1.64 bits per heavy atom. The molecule has 1 nitrogen and oxygen atoms in total. The van der Waals surface area contributed by atoms with E-state index in [1.807, 2.05) is 18.2 Å². The zero-order valence-corrected chi connectivity index (χ0v) is 10.1. The summed E-state index contributed by atoms with van der Waals surface area (Å²) in [6, 6.07) is 7.98. The molecular formula is C11H14Cl2O. The summed E-state index contributed by atoms with van der Waals surface area (Å²) in [4.78, 5) is 8.57. The van der Waals surface area contributed by atoms with Crippen LogP contribution in [-0.4, -0.2) is 5.75 Å². The van der Waals surface area contributed by atoms with Crippen LogP contribution in [0.5, 0.6) is 0 Å². The third-order valence-electron chi connectivity index (χ3n) is 1.68. The van der Waals surface area contributed by atoms with Crippen LogP contribution < -0.4 is 0 Å². The van der Waals surface area contributed by atoms with Gasteiger partial charge in [0.2, 0.25) is 5.75 Å². The highest BCUT2D eigenvalue weighted by molar-refractivity contribution is 6.54. The van der Waals surface area contributed by atoms with Crippen molar-refractivity contribution in [3.8, 4) is 0 Å². The van der Waals surface area contributed by atoms with E-state index in [1.165, 1.54) is 5.56 Å². The maximum Gasteiger partial charge on any atom is 0.208 e. The minimum absolute atomic E-state index is 0.151. The lowest BCUT2D eigenvalue weighted by Crippen LogP contribution is -2.11. The molecule has 0 spiro atoms. The highest BCUT2D eigenvalue weighted by Crippen LogP contribution is 2.28. The van der Waals surface area contributed by atoms with Crippen molar-refractivity contribution in [1.29, 1.82) is 0 Å². The average Bonchev–Trinajstić information content (AvgIpc) is 2.04. The monoisotopic (exact) mass is 232 g/mol. The molecule has 1 aromatic carbocycles. The van der Waals surface area contributed by atoms with E-state index in [0.29, 0.717) is 0 Å². The minimum Gasteiger partial charge on any atom is -0.285 e. The first-order valence-electron chi connectivity index (χ1n) is 4.22. The van der Waals surface area contributed by atoms with Crippen molar-refractivity contribution in [3.05, 3.63) is 34.9 Å². The molecule has 0 heterocycles. The highest BCUT2D eigenvalue weighted by atomic mass is 35.5. The van der Waals surface area contributed by atoms with E-state index < -0.39 is 0 Å². The lowest BCUT2D eigenvalue weighted by Gasteiger charge is -2.19. The molecule has 0 N–H and O–H groups in total. The van der Waals surface area contributed by atoms with Crippen molar-refractivity contribution in [2.75, 3.05) is 0 Å². The molecule has 0 aliphatic rings. The van der Waals surface area contributed by atoms with Crippen molar-refractivity contribution in [2.45, 2.75) is 26.2 Å². The van der Waals surface area contributed by atoms with E-state index in [4.69, 9.17) is 16.4 Å². The minimum atomic E-state index is 0.151. The molecule has 1 rings (SSSR count). The van der Waals surface area contributed by atoms with Gasteiger partial charge in [0.05, 0.1) is 0 Å². The standard InChI is InChI=1S/C10H13Cl.CHClO/c1-10(2,3)8-6-4-5-7-9(8)11;2-1-3/h4-7H,1-3H3;1H. The van der Waals surface area contributed by atoms with Crippen LogP contribution in [0.4, 0.5) is 0 Å². The molecule has 0 amide bonds. The largest absolute Gasteiger partial charge is 0.285 e. The van der Waals surface area contributed by atoms with Crippen LogP contribution in [0, 0.1) is 0 Å². The number of rotatable bonds is 0. The van der Waals surface area contributed by atoms with Gasteiger partial charge in [0.15, 0.2) is 0 Å². The van der Waals surface area contributed by atoms with Gasteiger partial charge in [-0.25, -0.2) is 0 Å². The first-order valence-corrected chi connectivity index (χ1v) is 5.03. The zero-order valence-electron chi connectivity index (χ0n) is 8.55. The molecular weight excluding hydrogens is 219 g/mol. The van der Waals surface area contributed by atoms with Crippen LogP contribution in [-0.2, 0) is 10.2 Å². The molecule has 0 atom stereocenters. The molecule has 0 aromatic heterocycles. The van der Waals surface area contributed by atoms with E-state index in [1.54, 1.807) is 0 Å². The summed E-state index contributed by atoms with van der Waals surface area (Å²) >= 11 is 10.3. The number of carbonyl (C=O) groups is 1. The van der Waals surface area contributed by atoms with Gasteiger partial charge in [-0.15, -0.1) is 0 Å². The Morgan fingerprint density at radius 3 is 1.93 bits per heavy atom. The van der Waals surface area contributed by atoms with Crippen LogP contribution in [0.25, 0.3) is 0 Å². The second-order valence-corrected chi connectivity index (χ2v) is 4.40. The molecule has 1 aromatic rings. The number of benzene rings is 1. The lowest BCUT2D eigenvalue weighted by molar-refractivity contribution is 0.569. The van der Waals surface area contributed by atoms with Gasteiger partial charge in [0, 0.05) is 5.02 Å². The normalized spacial score (nSPS) is 10.1. The third-order valence-corrected chi connectivity index (χ3v) is 2.01. The Balaban J connectivity index is 0.000000500. The second-order valence-electron chi connectivity index (χ2n) is 3.82. The van der Waals surface area contributed by atoms with Gasteiger partial charge in [0.25, 0.3) is 0 Å². The highest BCUT2D eigenvalue weighted by Gasteiger charge is 2.15. The summed E-state index contributed by atoms with van der Waals surface area (Å²) in [5, 5.41) is 0.861. The fraction of sp³-hybridized carbons (Fsp3) is 0.364. The van der Waals surface area contributed by atoms with Gasteiger partial charge < -0.3 is 0 Å². The Kier molecular flexibility index (Phi) is 5.82. The number of hydrogen-bond donors (Lipinski definition) is 0. The summed E-state index contributed by atoms with van der Waals surface area (Å²) in [6.45, 7) is 6.48. The Hall–Kier alpha value is -0.530. The maximum atomic E-state index is 8.57. The fourth-order valence-electron chi connectivity index (χ4n) is 1.07. The van der Waals surface area contributed by atoms with E-state index in [2.05, 4.69) is 38.4 Å². The lowest BCUT2D eigenvalue weighted by atomic mass is 9.87. The molecule has 0 aliphatic heterocycles. The molecule has 0 bridgehead atoms. The van der Waals surface area contributed by atoms with E-state index in [0.717, 1.165) is 5.02 Å². The summed E-state index contributed by atoms with van der Waals surface area (Å²) in [7, 11) is 0. The molecule has 0 saturated heterocycles. The van der Waals surface area contributed by atoms with Gasteiger partial charge >= 0.3 is 0 Å². The summed E-state index contributed by atoms with van der Waals surface area (Å²) < 4.78 is 0. The Bertz CT molecular complexity index is 290. The molecule has 0 radical (unpaired) electrons. The van der Waals surface area contributed by atoms with Crippen LogP contribution in [0.2, 0.25) is 5.02 Å². The average molecular weight is 233 g/mol. The quantitative estimate of drug-likeness (QED) is 0.488. The summed E-state index contributed by atoms with van der Waals surface area (Å²) in [5.41, 5.74) is 1.36. The summed E-state index contributed by atoms with van der Waals surface area (Å²) in [5.74, 6) is 0.222. The van der Waals surface area contributed by atoms with E-state index >= 15 is 0 Å². The molecule has 0 saturated carbocycles. The SMILES string of the molecule is CC(C)(C)c1ccccc1Cl.O=CCl. The second kappa shape index (κ2) is 6.05. The van der Waals surface area contributed by atoms with Crippen LogP contribution in [0.1, 0.15) is 26.3 Å². The van der Waals surface area contributed by atoms with Crippen LogP contribution >= 0.6 is 23.2 Å². The molecule has 3 heteroatoms. The predicted molar refractivity (Wildman–Crippen MR) is 62.8 cm³/mol. The fourth-order valence-corrected chi connectivity index (χ4v) is 1.49. The predicted octanol–water partition coefficient (Wildman–Crippen LogP) is 4.05. The first-order chi connectivity index (χ1) is 6.43.